The highest BCUT2D eigenvalue weighted by Gasteiger charge is 2.43. The Balaban J connectivity index is 1.63. The summed E-state index contributed by atoms with van der Waals surface area (Å²) in [7, 11) is 0. The number of nitrogens with zero attached hydrogens (tertiary/aromatic N) is 1. The van der Waals surface area contributed by atoms with Gasteiger partial charge in [-0.1, -0.05) is 35.5 Å². The molecule has 86 valence electrons. The van der Waals surface area contributed by atoms with Crippen LogP contribution >= 0.6 is 0 Å². The van der Waals surface area contributed by atoms with Crippen LogP contribution in [0.5, 0.6) is 0 Å². The van der Waals surface area contributed by atoms with Crippen molar-refractivity contribution < 1.29 is 9.32 Å². The van der Waals surface area contributed by atoms with Gasteiger partial charge >= 0.3 is 0 Å². The predicted octanol–water partition coefficient (Wildman–Crippen LogP) is 2.42. The smallest absolute Gasteiger partial charge is 0.229 e. The lowest BCUT2D eigenvalue weighted by Gasteiger charge is -2.00. The van der Waals surface area contributed by atoms with Crippen LogP contribution in [0.4, 0.5) is 5.82 Å². The van der Waals surface area contributed by atoms with Gasteiger partial charge in [0.2, 0.25) is 5.91 Å². The minimum Gasteiger partial charge on any atom is -0.363 e. The van der Waals surface area contributed by atoms with E-state index in [4.69, 9.17) is 0 Å². The molecule has 4 heteroatoms. The molecule has 1 aromatic heterocycles. The van der Waals surface area contributed by atoms with Gasteiger partial charge in [-0.05, 0) is 17.9 Å². The van der Waals surface area contributed by atoms with Crippen molar-refractivity contribution in [1.29, 1.82) is 0 Å². The fourth-order valence-corrected chi connectivity index (χ4v) is 2.05. The Kier molecular flexibility index (Phi) is 2.40. The van der Waals surface area contributed by atoms with Gasteiger partial charge in [0.15, 0.2) is 5.82 Å². The number of aromatic nitrogens is 1. The van der Waals surface area contributed by atoms with E-state index >= 15 is 0 Å². The maximum Gasteiger partial charge on any atom is 0.229 e. The zero-order valence-corrected chi connectivity index (χ0v) is 9.17. The summed E-state index contributed by atoms with van der Waals surface area (Å²) in [6.07, 6.45) is 2.35. The van der Waals surface area contributed by atoms with Crippen molar-refractivity contribution in [3.63, 3.8) is 0 Å². The molecule has 0 radical (unpaired) electrons. The third kappa shape index (κ3) is 2.06. The van der Waals surface area contributed by atoms with E-state index in [9.17, 15) is 4.79 Å². The maximum absolute atomic E-state index is 11.9. The third-order valence-corrected chi connectivity index (χ3v) is 3.04. The number of carbonyl (C=O) groups is 1. The minimum atomic E-state index is 0.0211. The zero-order chi connectivity index (χ0) is 11.7. The lowest BCUT2D eigenvalue weighted by molar-refractivity contribution is -0.117. The Bertz CT molecular complexity index is 507. The molecule has 3 rings (SSSR count). The molecular formula is C13H12N2O2. The summed E-state index contributed by atoms with van der Waals surface area (Å²) in [5.41, 5.74) is 1.23. The lowest BCUT2D eigenvalue weighted by atomic mass is 10.1. The average molecular weight is 228 g/mol. The van der Waals surface area contributed by atoms with E-state index in [2.05, 4.69) is 27.1 Å². The zero-order valence-electron chi connectivity index (χ0n) is 9.17. The molecule has 1 heterocycles. The van der Waals surface area contributed by atoms with E-state index < -0.39 is 0 Å². The predicted molar refractivity (Wildman–Crippen MR) is 62.4 cm³/mol. The Morgan fingerprint density at radius 2 is 2.12 bits per heavy atom. The van der Waals surface area contributed by atoms with Gasteiger partial charge in [0.25, 0.3) is 0 Å². The number of amides is 1. The molecule has 1 fully saturated rings. The number of hydrogen-bond acceptors (Lipinski definition) is 3. The van der Waals surface area contributed by atoms with Crippen molar-refractivity contribution >= 4 is 11.7 Å². The number of anilines is 1. The summed E-state index contributed by atoms with van der Waals surface area (Å²) < 4.78 is 4.66. The third-order valence-electron chi connectivity index (χ3n) is 3.04. The van der Waals surface area contributed by atoms with Gasteiger partial charge < -0.3 is 9.84 Å². The Morgan fingerprint density at radius 1 is 1.29 bits per heavy atom. The summed E-state index contributed by atoms with van der Waals surface area (Å²) in [4.78, 5) is 11.9. The Hall–Kier alpha value is -2.10. The second kappa shape index (κ2) is 4.05. The highest BCUT2D eigenvalue weighted by Crippen LogP contribution is 2.47. The number of rotatable bonds is 3. The number of nitrogens with one attached hydrogen (secondary N) is 1. The molecule has 0 bridgehead atoms. The van der Waals surface area contributed by atoms with Crippen molar-refractivity contribution in [1.82, 2.24) is 5.16 Å². The molecule has 2 aromatic rings. The average Bonchev–Trinajstić information content (AvgIpc) is 3.02. The van der Waals surface area contributed by atoms with Crippen LogP contribution < -0.4 is 5.32 Å². The van der Waals surface area contributed by atoms with Crippen molar-refractivity contribution in [3.05, 3.63) is 48.2 Å². The molecule has 0 aliphatic heterocycles. The molecule has 0 unspecified atom stereocenters. The summed E-state index contributed by atoms with van der Waals surface area (Å²) in [6.45, 7) is 0. The van der Waals surface area contributed by atoms with Crippen LogP contribution in [0.25, 0.3) is 0 Å². The van der Waals surface area contributed by atoms with Gasteiger partial charge in [-0.25, -0.2) is 0 Å². The Morgan fingerprint density at radius 3 is 2.82 bits per heavy atom. The first kappa shape index (κ1) is 10.1. The minimum absolute atomic E-state index is 0.0211. The molecule has 1 aliphatic carbocycles. The Labute approximate surface area is 98.6 Å². The quantitative estimate of drug-likeness (QED) is 0.877. The first-order chi connectivity index (χ1) is 8.34. The van der Waals surface area contributed by atoms with E-state index in [0.29, 0.717) is 11.7 Å². The van der Waals surface area contributed by atoms with Crippen LogP contribution in [0.3, 0.4) is 0 Å². The first-order valence-electron chi connectivity index (χ1n) is 5.61. The van der Waals surface area contributed by atoms with E-state index in [1.165, 1.54) is 11.8 Å². The highest BCUT2D eigenvalue weighted by molar-refractivity contribution is 5.94. The van der Waals surface area contributed by atoms with Gasteiger partial charge in [0, 0.05) is 12.0 Å². The molecule has 0 spiro atoms. The summed E-state index contributed by atoms with van der Waals surface area (Å²) in [5, 5.41) is 6.40. The highest BCUT2D eigenvalue weighted by atomic mass is 16.5. The van der Waals surface area contributed by atoms with Crippen molar-refractivity contribution in [3.8, 4) is 0 Å². The topological polar surface area (TPSA) is 55.1 Å². The standard InChI is InChI=1S/C13H12N2O2/c16-13(14-12-6-7-17-15-12)11-8-10(11)9-4-2-1-3-5-9/h1-7,10-11H,8H2,(H,14,15,16)/t10-,11+/m1/s1. The molecule has 4 nitrogen and oxygen atoms in total. The first-order valence-corrected chi connectivity index (χ1v) is 5.61. The molecule has 17 heavy (non-hydrogen) atoms. The summed E-state index contributed by atoms with van der Waals surface area (Å²) >= 11 is 0. The summed E-state index contributed by atoms with van der Waals surface area (Å²) in [6, 6.07) is 11.7. The number of benzene rings is 1. The van der Waals surface area contributed by atoms with Gasteiger partial charge in [0.05, 0.1) is 0 Å². The van der Waals surface area contributed by atoms with Crippen LogP contribution in [0.15, 0.2) is 47.2 Å². The molecule has 1 aliphatic rings. The van der Waals surface area contributed by atoms with Gasteiger partial charge in [-0.3, -0.25) is 4.79 Å². The van der Waals surface area contributed by atoms with E-state index in [1.54, 1.807) is 6.07 Å². The van der Waals surface area contributed by atoms with Gasteiger partial charge in [-0.15, -0.1) is 0 Å². The van der Waals surface area contributed by atoms with Crippen LogP contribution in [0, 0.1) is 5.92 Å². The maximum atomic E-state index is 11.9. The molecule has 2 atom stereocenters. The SMILES string of the molecule is O=C(Nc1ccon1)[C@H]1C[C@@H]1c1ccccc1. The monoisotopic (exact) mass is 228 g/mol. The van der Waals surface area contributed by atoms with E-state index in [1.807, 2.05) is 18.2 Å². The second-order valence-corrected chi connectivity index (χ2v) is 4.23. The molecule has 1 N–H and O–H groups in total. The number of carbonyl (C=O) groups excluding carboxylic acids is 1. The molecule has 1 saturated carbocycles. The fourth-order valence-electron chi connectivity index (χ4n) is 2.05. The van der Waals surface area contributed by atoms with Crippen molar-refractivity contribution in [2.24, 2.45) is 5.92 Å². The largest absolute Gasteiger partial charge is 0.363 e. The molecule has 1 aromatic carbocycles. The van der Waals surface area contributed by atoms with E-state index in [0.717, 1.165) is 6.42 Å². The van der Waals surface area contributed by atoms with Crippen molar-refractivity contribution in [2.75, 3.05) is 5.32 Å². The molecule has 0 saturated heterocycles. The van der Waals surface area contributed by atoms with Crippen LogP contribution in [-0.4, -0.2) is 11.1 Å². The summed E-state index contributed by atoms with van der Waals surface area (Å²) in [5.74, 6) is 0.915. The molecular weight excluding hydrogens is 216 g/mol. The van der Waals surface area contributed by atoms with Crippen LogP contribution in [0.2, 0.25) is 0 Å². The molecule has 1 amide bonds. The normalized spacial score (nSPS) is 22.1. The van der Waals surface area contributed by atoms with Gasteiger partial charge in [-0.2, -0.15) is 0 Å². The van der Waals surface area contributed by atoms with Crippen LogP contribution in [-0.2, 0) is 4.79 Å². The fraction of sp³-hybridized carbons (Fsp3) is 0.231. The van der Waals surface area contributed by atoms with Crippen molar-refractivity contribution in [2.45, 2.75) is 12.3 Å². The lowest BCUT2D eigenvalue weighted by Crippen LogP contribution is -2.14. The number of hydrogen-bond donors (Lipinski definition) is 1. The second-order valence-electron chi connectivity index (χ2n) is 4.23. The van der Waals surface area contributed by atoms with Crippen LogP contribution in [0.1, 0.15) is 17.9 Å². The van der Waals surface area contributed by atoms with E-state index in [-0.39, 0.29) is 11.8 Å². The van der Waals surface area contributed by atoms with Gasteiger partial charge in [0.1, 0.15) is 6.26 Å².